The predicted octanol–water partition coefficient (Wildman–Crippen LogP) is 0.926. The maximum absolute atomic E-state index is 3.83. The minimum Gasteiger partial charge on any atom is -0.353 e. The van der Waals surface area contributed by atoms with Crippen LogP contribution in [-0.4, -0.2) is 26.8 Å². The zero-order valence-corrected chi connectivity index (χ0v) is 8.66. The first-order valence-electron chi connectivity index (χ1n) is 4.33. The van der Waals surface area contributed by atoms with Gasteiger partial charge in [-0.3, -0.25) is 0 Å². The van der Waals surface area contributed by atoms with Gasteiger partial charge in [-0.2, -0.15) is 11.3 Å². The van der Waals surface area contributed by atoms with Crippen LogP contribution >= 0.6 is 11.3 Å². The second-order valence-electron chi connectivity index (χ2n) is 2.93. The molecule has 6 heteroatoms. The largest absolute Gasteiger partial charge is 0.353 e. The molecule has 1 N–H and O–H groups in total. The SMILES string of the molecule is Cn1nnnc1NCCc1ccsc1. The molecule has 2 rings (SSSR count). The quantitative estimate of drug-likeness (QED) is 0.813. The summed E-state index contributed by atoms with van der Waals surface area (Å²) in [7, 11) is 1.81. The smallest absolute Gasteiger partial charge is 0.242 e. The molecule has 0 spiro atoms. The van der Waals surface area contributed by atoms with Gasteiger partial charge in [0, 0.05) is 13.6 Å². The third-order valence-electron chi connectivity index (χ3n) is 1.90. The minimum atomic E-state index is 0.709. The molecule has 0 bridgehead atoms. The fraction of sp³-hybridized carbons (Fsp3) is 0.375. The van der Waals surface area contributed by atoms with E-state index >= 15 is 0 Å². The first kappa shape index (κ1) is 9.14. The molecule has 74 valence electrons. The normalized spacial score (nSPS) is 10.4. The van der Waals surface area contributed by atoms with Gasteiger partial charge >= 0.3 is 0 Å². The van der Waals surface area contributed by atoms with E-state index in [9.17, 15) is 0 Å². The number of hydrogen-bond donors (Lipinski definition) is 1. The highest BCUT2D eigenvalue weighted by molar-refractivity contribution is 7.07. The van der Waals surface area contributed by atoms with Gasteiger partial charge in [-0.05, 0) is 39.2 Å². The molecule has 2 heterocycles. The van der Waals surface area contributed by atoms with E-state index in [1.54, 1.807) is 16.0 Å². The van der Waals surface area contributed by atoms with E-state index < -0.39 is 0 Å². The summed E-state index contributed by atoms with van der Waals surface area (Å²) >= 11 is 1.72. The van der Waals surface area contributed by atoms with Gasteiger partial charge in [0.2, 0.25) is 5.95 Å². The van der Waals surface area contributed by atoms with Crippen LogP contribution in [0.15, 0.2) is 16.8 Å². The predicted molar refractivity (Wildman–Crippen MR) is 55.3 cm³/mol. The molecule has 5 nitrogen and oxygen atoms in total. The van der Waals surface area contributed by atoms with E-state index in [-0.39, 0.29) is 0 Å². The van der Waals surface area contributed by atoms with Crippen molar-refractivity contribution in [1.82, 2.24) is 20.2 Å². The monoisotopic (exact) mass is 209 g/mol. The molecule has 14 heavy (non-hydrogen) atoms. The van der Waals surface area contributed by atoms with Crippen LogP contribution in [0.4, 0.5) is 5.95 Å². The Bertz CT molecular complexity index is 380. The van der Waals surface area contributed by atoms with Crippen LogP contribution in [0.1, 0.15) is 5.56 Å². The van der Waals surface area contributed by atoms with Gasteiger partial charge in [-0.15, -0.1) is 0 Å². The summed E-state index contributed by atoms with van der Waals surface area (Å²) < 4.78 is 1.62. The maximum Gasteiger partial charge on any atom is 0.242 e. The molecule has 0 aromatic carbocycles. The zero-order valence-electron chi connectivity index (χ0n) is 7.84. The third-order valence-corrected chi connectivity index (χ3v) is 2.63. The number of tetrazole rings is 1. The number of aryl methyl sites for hydroxylation is 1. The summed E-state index contributed by atoms with van der Waals surface area (Å²) in [6.45, 7) is 0.852. The van der Waals surface area contributed by atoms with Crippen molar-refractivity contribution in [2.45, 2.75) is 6.42 Å². The topological polar surface area (TPSA) is 55.6 Å². The lowest BCUT2D eigenvalue weighted by Crippen LogP contribution is -2.09. The van der Waals surface area contributed by atoms with Crippen LogP contribution < -0.4 is 5.32 Å². The lowest BCUT2D eigenvalue weighted by atomic mass is 10.2. The van der Waals surface area contributed by atoms with E-state index in [1.807, 2.05) is 7.05 Å². The number of anilines is 1. The summed E-state index contributed by atoms with van der Waals surface area (Å²) in [5, 5.41) is 18.5. The van der Waals surface area contributed by atoms with Gasteiger partial charge in [0.05, 0.1) is 0 Å². The van der Waals surface area contributed by atoms with Crippen molar-refractivity contribution in [1.29, 1.82) is 0 Å². The van der Waals surface area contributed by atoms with Crippen molar-refractivity contribution < 1.29 is 0 Å². The Morgan fingerprint density at radius 2 is 2.50 bits per heavy atom. The molecule has 0 atom stereocenters. The summed E-state index contributed by atoms with van der Waals surface area (Å²) in [5.74, 6) is 0.709. The molecule has 0 fully saturated rings. The van der Waals surface area contributed by atoms with E-state index in [2.05, 4.69) is 37.7 Å². The Labute approximate surface area is 85.8 Å². The average molecular weight is 209 g/mol. The van der Waals surface area contributed by atoms with Crippen molar-refractivity contribution >= 4 is 17.3 Å². The van der Waals surface area contributed by atoms with Crippen molar-refractivity contribution in [2.75, 3.05) is 11.9 Å². The molecule has 2 aromatic rings. The van der Waals surface area contributed by atoms with Crippen molar-refractivity contribution in [2.24, 2.45) is 7.05 Å². The van der Waals surface area contributed by atoms with Crippen LogP contribution in [-0.2, 0) is 13.5 Å². The second kappa shape index (κ2) is 4.19. The Hall–Kier alpha value is -1.43. The first-order valence-corrected chi connectivity index (χ1v) is 5.28. The van der Waals surface area contributed by atoms with Gasteiger partial charge in [0.1, 0.15) is 0 Å². The van der Waals surface area contributed by atoms with Crippen LogP contribution in [0.3, 0.4) is 0 Å². The van der Waals surface area contributed by atoms with Crippen molar-refractivity contribution in [3.8, 4) is 0 Å². The Kier molecular flexibility index (Phi) is 2.73. The van der Waals surface area contributed by atoms with Gasteiger partial charge in [-0.1, -0.05) is 5.10 Å². The summed E-state index contributed by atoms with van der Waals surface area (Å²) in [4.78, 5) is 0. The Morgan fingerprint density at radius 3 is 3.14 bits per heavy atom. The van der Waals surface area contributed by atoms with Gasteiger partial charge in [0.15, 0.2) is 0 Å². The number of thiophene rings is 1. The summed E-state index contributed by atoms with van der Waals surface area (Å²) in [6, 6.07) is 2.13. The highest BCUT2D eigenvalue weighted by Gasteiger charge is 1.99. The maximum atomic E-state index is 3.83. The molecule has 0 amide bonds. The van der Waals surface area contributed by atoms with Crippen molar-refractivity contribution in [3.63, 3.8) is 0 Å². The van der Waals surface area contributed by atoms with Gasteiger partial charge in [0.25, 0.3) is 0 Å². The van der Waals surface area contributed by atoms with E-state index in [0.29, 0.717) is 5.95 Å². The van der Waals surface area contributed by atoms with Crippen molar-refractivity contribution in [3.05, 3.63) is 22.4 Å². The Balaban J connectivity index is 1.81. The van der Waals surface area contributed by atoms with Crippen LogP contribution in [0, 0.1) is 0 Å². The lowest BCUT2D eigenvalue weighted by molar-refractivity contribution is 0.712. The molecule has 0 aliphatic carbocycles. The number of nitrogens with zero attached hydrogens (tertiary/aromatic N) is 4. The number of hydrogen-bond acceptors (Lipinski definition) is 5. The fourth-order valence-electron chi connectivity index (χ4n) is 1.13. The zero-order chi connectivity index (χ0) is 9.80. The second-order valence-corrected chi connectivity index (χ2v) is 3.71. The van der Waals surface area contributed by atoms with E-state index in [4.69, 9.17) is 0 Å². The average Bonchev–Trinajstić information content (AvgIpc) is 2.78. The fourth-order valence-corrected chi connectivity index (χ4v) is 1.84. The summed E-state index contributed by atoms with van der Waals surface area (Å²) in [6.07, 6.45) is 0.996. The number of rotatable bonds is 4. The first-order chi connectivity index (χ1) is 6.86. The third kappa shape index (κ3) is 2.08. The standard InChI is InChI=1S/C8H11N5S/c1-13-8(10-11-12-13)9-4-2-7-3-5-14-6-7/h3,5-6H,2,4H2,1H3,(H,9,10,12). The van der Waals surface area contributed by atoms with Gasteiger partial charge in [-0.25, -0.2) is 4.68 Å². The molecule has 0 unspecified atom stereocenters. The molecular formula is C8H11N5S. The molecule has 0 radical (unpaired) electrons. The number of aromatic nitrogens is 4. The van der Waals surface area contributed by atoms with Gasteiger partial charge < -0.3 is 5.32 Å². The van der Waals surface area contributed by atoms with E-state index in [0.717, 1.165) is 13.0 Å². The number of nitrogens with one attached hydrogen (secondary N) is 1. The molecular weight excluding hydrogens is 198 g/mol. The molecule has 2 aromatic heterocycles. The summed E-state index contributed by atoms with van der Waals surface area (Å²) in [5.41, 5.74) is 1.35. The highest BCUT2D eigenvalue weighted by Crippen LogP contribution is 2.06. The molecule has 0 aliphatic heterocycles. The molecule has 0 aliphatic rings. The van der Waals surface area contributed by atoms with Crippen LogP contribution in [0.25, 0.3) is 0 Å². The van der Waals surface area contributed by atoms with Crippen LogP contribution in [0.5, 0.6) is 0 Å². The molecule has 0 saturated carbocycles. The minimum absolute atomic E-state index is 0.709. The Morgan fingerprint density at radius 1 is 1.57 bits per heavy atom. The van der Waals surface area contributed by atoms with E-state index in [1.165, 1.54) is 5.56 Å². The molecule has 0 saturated heterocycles. The van der Waals surface area contributed by atoms with Crippen LogP contribution in [0.2, 0.25) is 0 Å². The lowest BCUT2D eigenvalue weighted by Gasteiger charge is -2.01. The highest BCUT2D eigenvalue weighted by atomic mass is 32.1.